The lowest BCUT2D eigenvalue weighted by Crippen LogP contribution is -2.66. The maximum Gasteiger partial charge on any atom is 0.187 e. The molecule has 26 atom stereocenters. The SMILES string of the molecule is C[C@@H]1CC[C@@]2(OC1)O[C@H]1C[C@@H]3[C@@H]4CC=C5C[C@@H](O[C@@H]6O[C@H](CO)[C@@H](O[C@@H]7O[C@H](CO)[C@@H](O[C@@H]8O[C@@H](C)[C@H](O)[C@@H](O)[C@H]8O)[C@H](O)[C@H]7O)[C@H](O)[C@H]6O)CC[C@]5(C)[C@H]4CC[C@]3(C)[C@H]1[C@@H]2C. The lowest BCUT2D eigenvalue weighted by Gasteiger charge is -2.58. The van der Waals surface area contributed by atoms with E-state index in [1.165, 1.54) is 25.3 Å². The summed E-state index contributed by atoms with van der Waals surface area (Å²) in [4.78, 5) is 0. The highest BCUT2D eigenvalue weighted by molar-refractivity contribution is 5.26. The van der Waals surface area contributed by atoms with Crippen LogP contribution >= 0.6 is 0 Å². The van der Waals surface area contributed by atoms with Crippen LogP contribution in [0.5, 0.6) is 0 Å². The van der Waals surface area contributed by atoms with Crippen LogP contribution in [0.4, 0.5) is 0 Å². The van der Waals surface area contributed by atoms with Gasteiger partial charge in [-0.2, -0.15) is 0 Å². The van der Waals surface area contributed by atoms with Gasteiger partial charge in [0, 0.05) is 12.3 Å². The molecule has 8 fully saturated rings. The van der Waals surface area contributed by atoms with E-state index < -0.39 is 111 Å². The molecule has 5 heterocycles. The fraction of sp³-hybridized carbons (Fsp3) is 0.956. The molecule has 5 aliphatic heterocycles. The van der Waals surface area contributed by atoms with Gasteiger partial charge in [-0.05, 0) is 98.7 Å². The van der Waals surface area contributed by atoms with E-state index in [0.29, 0.717) is 41.9 Å². The molecular weight excluding hydrogens is 812 g/mol. The highest BCUT2D eigenvalue weighted by Crippen LogP contribution is 2.70. The standard InChI is InChI=1S/C45H72O17/c1-19-8-13-45(55-18-19)20(2)30-27(62-45)15-26-24-7-6-22-14-23(9-11-43(22,4)25(24)10-12-44(26,30)5)57-41-36(53)33(50)39(28(16-46)58-41)61-42-37(54)34(51)38(29(17-47)59-42)60-40-35(52)32(49)31(48)21(3)56-40/h6,19-21,23-42,46-54H,7-18H2,1-5H3/t19-,20+,21+,23+,24-,25+,26-,27+,28-,29-,30+,31+,32-,33-,34-,35-,36-,37-,38-,39-,40+,41-,42+,43+,44+,45-/m1/s1. The summed E-state index contributed by atoms with van der Waals surface area (Å²) in [5, 5.41) is 96.2. The van der Waals surface area contributed by atoms with Crippen LogP contribution in [0.3, 0.4) is 0 Å². The highest BCUT2D eigenvalue weighted by atomic mass is 16.8. The van der Waals surface area contributed by atoms with Gasteiger partial charge in [-0.1, -0.05) is 39.3 Å². The molecule has 4 aliphatic carbocycles. The molecule has 0 aromatic carbocycles. The Hall–Kier alpha value is -0.940. The Kier molecular flexibility index (Phi) is 12.9. The van der Waals surface area contributed by atoms with E-state index in [2.05, 4.69) is 33.8 Å². The van der Waals surface area contributed by atoms with Crippen molar-refractivity contribution in [2.45, 2.75) is 203 Å². The van der Waals surface area contributed by atoms with Crippen molar-refractivity contribution in [2.24, 2.45) is 46.3 Å². The van der Waals surface area contributed by atoms with Crippen molar-refractivity contribution >= 4 is 0 Å². The van der Waals surface area contributed by atoms with Gasteiger partial charge in [0.05, 0.1) is 38.1 Å². The summed E-state index contributed by atoms with van der Waals surface area (Å²) in [6.07, 6.45) is -11.5. The molecule has 0 aromatic heterocycles. The first-order valence-corrected chi connectivity index (χ1v) is 23.4. The molecular formula is C45H72O17. The topological polar surface area (TPSA) is 256 Å². The van der Waals surface area contributed by atoms with Gasteiger partial charge in [0.15, 0.2) is 24.7 Å². The van der Waals surface area contributed by atoms with E-state index in [0.717, 1.165) is 45.1 Å². The van der Waals surface area contributed by atoms with Gasteiger partial charge in [0.1, 0.15) is 67.1 Å². The van der Waals surface area contributed by atoms with Crippen LogP contribution in [0.2, 0.25) is 0 Å². The number of fused-ring (bicyclic) bond motifs is 7. The number of aliphatic hydroxyl groups is 9. The summed E-state index contributed by atoms with van der Waals surface area (Å²) in [6, 6.07) is 0. The Bertz CT molecular complexity index is 1610. The summed E-state index contributed by atoms with van der Waals surface area (Å²) in [5.41, 5.74) is 1.60. The number of hydrogen-bond donors (Lipinski definition) is 9. The normalized spacial score (nSPS) is 57.6. The third-order valence-corrected chi connectivity index (χ3v) is 17.7. The first kappa shape index (κ1) is 46.2. The van der Waals surface area contributed by atoms with Crippen LogP contribution < -0.4 is 0 Å². The number of ether oxygens (including phenoxy) is 8. The minimum Gasteiger partial charge on any atom is -0.394 e. The number of hydrogen-bond acceptors (Lipinski definition) is 17. The van der Waals surface area contributed by atoms with Crippen LogP contribution in [-0.2, 0) is 37.9 Å². The van der Waals surface area contributed by atoms with E-state index in [-0.39, 0.29) is 23.0 Å². The van der Waals surface area contributed by atoms with Crippen molar-refractivity contribution < 1.29 is 83.9 Å². The summed E-state index contributed by atoms with van der Waals surface area (Å²) >= 11 is 0. The number of aliphatic hydroxyl groups excluding tert-OH is 9. The molecule has 5 saturated heterocycles. The highest BCUT2D eigenvalue weighted by Gasteiger charge is 2.69. The first-order chi connectivity index (χ1) is 29.4. The Morgan fingerprint density at radius 3 is 1.90 bits per heavy atom. The third kappa shape index (κ3) is 7.49. The average molecular weight is 885 g/mol. The van der Waals surface area contributed by atoms with Crippen LogP contribution in [0, 0.1) is 46.3 Å². The van der Waals surface area contributed by atoms with E-state index >= 15 is 0 Å². The fourth-order valence-corrected chi connectivity index (χ4v) is 14.1. The third-order valence-electron chi connectivity index (χ3n) is 17.7. The van der Waals surface area contributed by atoms with E-state index in [1.54, 1.807) is 0 Å². The Labute approximate surface area is 363 Å². The van der Waals surface area contributed by atoms with Crippen molar-refractivity contribution in [1.82, 2.24) is 0 Å². The molecule has 9 rings (SSSR count). The van der Waals surface area contributed by atoms with Gasteiger partial charge >= 0.3 is 0 Å². The van der Waals surface area contributed by atoms with Crippen LogP contribution in [0.25, 0.3) is 0 Å². The maximum absolute atomic E-state index is 11.4. The molecule has 1 spiro atoms. The van der Waals surface area contributed by atoms with Crippen LogP contribution in [0.1, 0.15) is 92.4 Å². The molecule has 0 amide bonds. The van der Waals surface area contributed by atoms with Gasteiger partial charge in [-0.15, -0.1) is 0 Å². The molecule has 0 radical (unpaired) electrons. The predicted molar refractivity (Wildman–Crippen MR) is 214 cm³/mol. The summed E-state index contributed by atoms with van der Waals surface area (Å²) < 4.78 is 48.7. The van der Waals surface area contributed by atoms with Crippen molar-refractivity contribution in [3.05, 3.63) is 11.6 Å². The Morgan fingerprint density at radius 2 is 1.29 bits per heavy atom. The fourth-order valence-electron chi connectivity index (χ4n) is 14.1. The summed E-state index contributed by atoms with van der Waals surface area (Å²) in [5.74, 6) is 2.74. The average Bonchev–Trinajstić information content (AvgIpc) is 3.70. The van der Waals surface area contributed by atoms with Gasteiger partial charge in [0.25, 0.3) is 0 Å². The molecule has 17 heteroatoms. The second kappa shape index (κ2) is 17.3. The monoisotopic (exact) mass is 884 g/mol. The zero-order chi connectivity index (χ0) is 44.2. The van der Waals surface area contributed by atoms with E-state index in [1.807, 2.05) is 0 Å². The van der Waals surface area contributed by atoms with E-state index in [9.17, 15) is 46.0 Å². The molecule has 0 aromatic rings. The number of rotatable bonds is 8. The molecule has 9 aliphatic rings. The van der Waals surface area contributed by atoms with Crippen LogP contribution in [0.15, 0.2) is 11.6 Å². The van der Waals surface area contributed by atoms with Gasteiger partial charge in [-0.25, -0.2) is 0 Å². The second-order valence-electron chi connectivity index (χ2n) is 21.1. The molecule has 0 bridgehead atoms. The quantitative estimate of drug-likeness (QED) is 0.148. The zero-order valence-electron chi connectivity index (χ0n) is 36.6. The minimum atomic E-state index is -1.86. The van der Waals surface area contributed by atoms with Crippen molar-refractivity contribution in [3.63, 3.8) is 0 Å². The zero-order valence-corrected chi connectivity index (χ0v) is 36.6. The maximum atomic E-state index is 11.4. The Balaban J connectivity index is 0.815. The second-order valence-corrected chi connectivity index (χ2v) is 21.1. The smallest absolute Gasteiger partial charge is 0.187 e. The van der Waals surface area contributed by atoms with Crippen molar-refractivity contribution in [2.75, 3.05) is 19.8 Å². The van der Waals surface area contributed by atoms with Crippen molar-refractivity contribution in [3.8, 4) is 0 Å². The summed E-state index contributed by atoms with van der Waals surface area (Å²) in [6.45, 7) is 10.4. The first-order valence-electron chi connectivity index (χ1n) is 23.4. The molecule has 9 N–H and O–H groups in total. The summed E-state index contributed by atoms with van der Waals surface area (Å²) in [7, 11) is 0. The predicted octanol–water partition coefficient (Wildman–Crippen LogP) is 0.214. The lowest BCUT2D eigenvalue weighted by molar-refractivity contribution is -0.380. The van der Waals surface area contributed by atoms with Gasteiger partial charge < -0.3 is 83.9 Å². The van der Waals surface area contributed by atoms with Crippen LogP contribution in [-0.4, -0.2) is 176 Å². The minimum absolute atomic E-state index is 0.0174. The largest absolute Gasteiger partial charge is 0.394 e. The molecule has 17 nitrogen and oxygen atoms in total. The van der Waals surface area contributed by atoms with Gasteiger partial charge in [-0.3, -0.25) is 0 Å². The molecule has 0 unspecified atom stereocenters. The molecule has 3 saturated carbocycles. The Morgan fingerprint density at radius 1 is 0.677 bits per heavy atom. The lowest BCUT2D eigenvalue weighted by atomic mass is 9.47. The number of allylic oxidation sites excluding steroid dienone is 1. The molecule has 354 valence electrons. The van der Waals surface area contributed by atoms with Crippen molar-refractivity contribution in [1.29, 1.82) is 0 Å². The van der Waals surface area contributed by atoms with E-state index in [4.69, 9.17) is 37.9 Å². The van der Waals surface area contributed by atoms with Gasteiger partial charge in [0.2, 0.25) is 0 Å². The molecule has 62 heavy (non-hydrogen) atoms.